The normalized spacial score (nSPS) is 14.4. The van der Waals surface area contributed by atoms with Crippen LogP contribution in [0.4, 0.5) is 5.95 Å². The highest BCUT2D eigenvalue weighted by molar-refractivity contribution is 6.32. The van der Waals surface area contributed by atoms with Crippen LogP contribution in [0.25, 0.3) is 11.0 Å². The van der Waals surface area contributed by atoms with Gasteiger partial charge in [0, 0.05) is 39.3 Å². The molecule has 3 aromatic rings. The van der Waals surface area contributed by atoms with Crippen LogP contribution < -0.4 is 15.2 Å². The van der Waals surface area contributed by atoms with Crippen LogP contribution in [0.5, 0.6) is 5.75 Å². The number of amides is 1. The van der Waals surface area contributed by atoms with E-state index in [9.17, 15) is 9.59 Å². The summed E-state index contributed by atoms with van der Waals surface area (Å²) in [5.74, 6) is 1.01. The zero-order valence-corrected chi connectivity index (χ0v) is 19.5. The number of aromatic nitrogens is 4. The van der Waals surface area contributed by atoms with Gasteiger partial charge in [0.2, 0.25) is 5.95 Å². The highest BCUT2D eigenvalue weighted by Crippen LogP contribution is 2.24. The summed E-state index contributed by atoms with van der Waals surface area (Å²) in [6, 6.07) is 7.02. The van der Waals surface area contributed by atoms with Crippen LogP contribution in [-0.4, -0.2) is 62.9 Å². The lowest BCUT2D eigenvalue weighted by atomic mass is 10.3. The van der Waals surface area contributed by atoms with Crippen LogP contribution in [0.1, 0.15) is 25.6 Å². The fraction of sp³-hybridized carbons (Fsp3) is 0.455. The maximum atomic E-state index is 13.2. The molecule has 0 spiro atoms. The van der Waals surface area contributed by atoms with Crippen molar-refractivity contribution in [3.8, 4) is 5.75 Å². The average Bonchev–Trinajstić information content (AvgIpc) is 3.06. The first-order valence-corrected chi connectivity index (χ1v) is 11.0. The zero-order chi connectivity index (χ0) is 23.0. The molecular formula is C22H27ClN6O3. The van der Waals surface area contributed by atoms with Crippen molar-refractivity contribution >= 4 is 34.5 Å². The van der Waals surface area contributed by atoms with Crippen molar-refractivity contribution in [3.05, 3.63) is 45.3 Å². The minimum atomic E-state index is -0.102. The summed E-state index contributed by atoms with van der Waals surface area (Å²) in [4.78, 5) is 34.5. The minimum absolute atomic E-state index is 0.0618. The largest absolute Gasteiger partial charge is 0.482 e. The lowest BCUT2D eigenvalue weighted by molar-refractivity contribution is -0.133. The Kier molecular flexibility index (Phi) is 6.10. The summed E-state index contributed by atoms with van der Waals surface area (Å²) < 4.78 is 8.89. The average molecular weight is 459 g/mol. The van der Waals surface area contributed by atoms with E-state index in [1.807, 2.05) is 32.9 Å². The number of aryl methyl sites for hydroxylation is 2. The van der Waals surface area contributed by atoms with Gasteiger partial charge in [-0.3, -0.25) is 18.8 Å². The van der Waals surface area contributed by atoms with Crippen molar-refractivity contribution in [1.29, 1.82) is 0 Å². The van der Waals surface area contributed by atoms with E-state index in [2.05, 4.69) is 10.00 Å². The van der Waals surface area contributed by atoms with Gasteiger partial charge in [-0.1, -0.05) is 23.7 Å². The topological polar surface area (TPSA) is 85.5 Å². The minimum Gasteiger partial charge on any atom is -0.482 e. The van der Waals surface area contributed by atoms with Crippen LogP contribution in [0.3, 0.4) is 0 Å². The fourth-order valence-corrected chi connectivity index (χ4v) is 4.21. The molecule has 1 aliphatic heterocycles. The number of hydrogen-bond donors (Lipinski definition) is 0. The van der Waals surface area contributed by atoms with Gasteiger partial charge in [-0.2, -0.15) is 5.10 Å². The number of benzene rings is 1. The number of para-hydroxylation sites is 1. The predicted molar refractivity (Wildman–Crippen MR) is 124 cm³/mol. The summed E-state index contributed by atoms with van der Waals surface area (Å²) in [5, 5.41) is 4.85. The van der Waals surface area contributed by atoms with Crippen LogP contribution in [0.15, 0.2) is 29.1 Å². The maximum Gasteiger partial charge on any atom is 0.281 e. The molecule has 1 aliphatic rings. The van der Waals surface area contributed by atoms with Crippen molar-refractivity contribution in [3.63, 3.8) is 0 Å². The lowest BCUT2D eigenvalue weighted by Gasteiger charge is -2.36. The van der Waals surface area contributed by atoms with Crippen molar-refractivity contribution < 1.29 is 9.53 Å². The smallest absolute Gasteiger partial charge is 0.281 e. The maximum absolute atomic E-state index is 13.2. The van der Waals surface area contributed by atoms with Crippen molar-refractivity contribution in [2.24, 2.45) is 7.05 Å². The number of fused-ring (bicyclic) bond motifs is 1. The molecule has 1 aromatic carbocycles. The number of ether oxygens (including phenoxy) is 1. The van der Waals surface area contributed by atoms with Crippen LogP contribution in [0, 0.1) is 6.92 Å². The number of halogens is 1. The Balaban J connectivity index is 1.50. The highest BCUT2D eigenvalue weighted by Gasteiger charge is 2.27. The third-order valence-corrected chi connectivity index (χ3v) is 5.97. The molecule has 1 fully saturated rings. The Hall–Kier alpha value is -3.07. The van der Waals surface area contributed by atoms with Crippen LogP contribution in [-0.2, 0) is 11.8 Å². The molecule has 170 valence electrons. The van der Waals surface area contributed by atoms with Gasteiger partial charge < -0.3 is 14.5 Å². The van der Waals surface area contributed by atoms with Gasteiger partial charge in [-0.25, -0.2) is 4.98 Å². The number of carbonyl (C=O) groups excluding carboxylic acids is 1. The van der Waals surface area contributed by atoms with Gasteiger partial charge in [0.05, 0.1) is 10.7 Å². The van der Waals surface area contributed by atoms with Crippen LogP contribution >= 0.6 is 11.6 Å². The molecule has 9 nitrogen and oxygen atoms in total. The Morgan fingerprint density at radius 2 is 1.88 bits per heavy atom. The Bertz CT molecular complexity index is 1210. The molecule has 1 saturated heterocycles. The number of carbonyl (C=O) groups is 1. The Labute approximate surface area is 191 Å². The number of nitrogens with zero attached hydrogens (tertiary/aromatic N) is 6. The van der Waals surface area contributed by atoms with E-state index in [-0.39, 0.29) is 24.1 Å². The fourth-order valence-electron chi connectivity index (χ4n) is 4.02. The molecule has 3 heterocycles. The second-order valence-corrected chi connectivity index (χ2v) is 8.58. The van der Waals surface area contributed by atoms with E-state index < -0.39 is 0 Å². The molecule has 0 aliphatic carbocycles. The van der Waals surface area contributed by atoms with E-state index in [0.29, 0.717) is 53.9 Å². The first kappa shape index (κ1) is 22.1. The van der Waals surface area contributed by atoms with E-state index in [4.69, 9.17) is 21.3 Å². The Morgan fingerprint density at radius 1 is 1.19 bits per heavy atom. The summed E-state index contributed by atoms with van der Waals surface area (Å²) in [6.45, 7) is 7.89. The standard InChI is InChI=1S/C22H27ClN6O3/c1-14(2)29-21(31)20-19(15(3)25-26(20)4)24-22(29)28-11-9-27(10-12-28)18(30)13-32-17-8-6-5-7-16(17)23/h5-8,14H,9-13H2,1-4H3. The number of piperazine rings is 1. The number of anilines is 1. The van der Waals surface area contributed by atoms with Gasteiger partial charge in [0.1, 0.15) is 11.3 Å². The molecule has 0 atom stereocenters. The summed E-state index contributed by atoms with van der Waals surface area (Å²) >= 11 is 6.09. The highest BCUT2D eigenvalue weighted by atomic mass is 35.5. The molecular weight excluding hydrogens is 432 g/mol. The lowest BCUT2D eigenvalue weighted by Crippen LogP contribution is -2.51. The Morgan fingerprint density at radius 3 is 2.53 bits per heavy atom. The summed E-state index contributed by atoms with van der Waals surface area (Å²) in [5.41, 5.74) is 1.75. The van der Waals surface area contributed by atoms with Gasteiger partial charge in [0.25, 0.3) is 11.5 Å². The molecule has 32 heavy (non-hydrogen) atoms. The first-order valence-electron chi connectivity index (χ1n) is 10.6. The molecule has 10 heteroatoms. The van der Waals surface area contributed by atoms with Gasteiger partial charge in [0.15, 0.2) is 12.1 Å². The van der Waals surface area contributed by atoms with Crippen molar-refractivity contribution in [1.82, 2.24) is 24.2 Å². The second-order valence-electron chi connectivity index (χ2n) is 8.17. The third kappa shape index (κ3) is 4.04. The van der Waals surface area contributed by atoms with Gasteiger partial charge in [-0.05, 0) is 32.9 Å². The van der Waals surface area contributed by atoms with E-state index in [1.165, 1.54) is 0 Å². The quantitative estimate of drug-likeness (QED) is 0.583. The van der Waals surface area contributed by atoms with Crippen LogP contribution in [0.2, 0.25) is 5.02 Å². The molecule has 0 bridgehead atoms. The van der Waals surface area contributed by atoms with Gasteiger partial charge in [-0.15, -0.1) is 0 Å². The molecule has 0 N–H and O–H groups in total. The number of hydrogen-bond acceptors (Lipinski definition) is 6. The zero-order valence-electron chi connectivity index (χ0n) is 18.7. The van der Waals surface area contributed by atoms with E-state index in [0.717, 1.165) is 5.69 Å². The summed E-state index contributed by atoms with van der Waals surface area (Å²) in [6.07, 6.45) is 0. The van der Waals surface area contributed by atoms with Gasteiger partial charge >= 0.3 is 0 Å². The summed E-state index contributed by atoms with van der Waals surface area (Å²) in [7, 11) is 1.76. The monoisotopic (exact) mass is 458 g/mol. The molecule has 0 radical (unpaired) electrons. The third-order valence-electron chi connectivity index (χ3n) is 5.66. The molecule has 2 aromatic heterocycles. The molecule has 1 amide bonds. The predicted octanol–water partition coefficient (Wildman–Crippen LogP) is 2.40. The molecule has 0 unspecified atom stereocenters. The van der Waals surface area contributed by atoms with Crippen molar-refractivity contribution in [2.45, 2.75) is 26.8 Å². The second kappa shape index (κ2) is 8.82. The first-order chi connectivity index (χ1) is 15.3. The number of rotatable bonds is 5. The van der Waals surface area contributed by atoms with E-state index >= 15 is 0 Å². The molecule has 4 rings (SSSR count). The SMILES string of the molecule is Cc1nn(C)c2c(=O)n(C(C)C)c(N3CCN(C(=O)COc4ccccc4Cl)CC3)nc12. The van der Waals surface area contributed by atoms with Crippen molar-refractivity contribution in [2.75, 3.05) is 37.7 Å². The molecule has 0 saturated carbocycles. The van der Waals surface area contributed by atoms with E-state index in [1.54, 1.807) is 33.3 Å².